The van der Waals surface area contributed by atoms with Crippen LogP contribution in [0.2, 0.25) is 0 Å². The summed E-state index contributed by atoms with van der Waals surface area (Å²) < 4.78 is 0. The maximum Gasteiger partial charge on any atom is 0.251 e. The monoisotopic (exact) mass is 343 g/mol. The molecule has 0 aliphatic carbocycles. The van der Waals surface area contributed by atoms with E-state index in [1.807, 2.05) is 24.5 Å². The van der Waals surface area contributed by atoms with Crippen LogP contribution < -0.4 is 10.8 Å². The van der Waals surface area contributed by atoms with E-state index >= 15 is 0 Å². The van der Waals surface area contributed by atoms with Crippen LogP contribution in [-0.2, 0) is 4.79 Å². The molecule has 1 aromatic rings. The van der Waals surface area contributed by atoms with Gasteiger partial charge in [-0.3, -0.25) is 9.69 Å². The highest BCUT2D eigenvalue weighted by molar-refractivity contribution is 5.94. The highest BCUT2D eigenvalue weighted by Crippen LogP contribution is 2.04. The molecule has 7 nitrogen and oxygen atoms in total. The molecule has 25 heavy (non-hydrogen) atoms. The Bertz CT molecular complexity index is 693. The van der Waals surface area contributed by atoms with E-state index in [1.165, 1.54) is 0 Å². The zero-order valence-electron chi connectivity index (χ0n) is 14.1. The van der Waals surface area contributed by atoms with Gasteiger partial charge in [0.1, 0.15) is 6.10 Å². The van der Waals surface area contributed by atoms with E-state index < -0.39 is 18.1 Å². The van der Waals surface area contributed by atoms with Crippen molar-refractivity contribution in [1.29, 1.82) is 0 Å². The molecule has 0 spiro atoms. The number of aldehydes is 1. The molecule has 0 aliphatic rings. The second kappa shape index (κ2) is 11.0. The highest BCUT2D eigenvalue weighted by atomic mass is 16.5. The quantitative estimate of drug-likeness (QED) is 0.295. The third-order valence-corrected chi connectivity index (χ3v) is 3.08. The molecule has 0 fully saturated rings. The number of aliphatic hydroxyl groups excluding tert-OH is 1. The van der Waals surface area contributed by atoms with Crippen LogP contribution in [0.1, 0.15) is 15.9 Å². The summed E-state index contributed by atoms with van der Waals surface area (Å²) in [5.74, 6) is 10.8. The lowest BCUT2D eigenvalue weighted by molar-refractivity contribution is -0.116. The third-order valence-electron chi connectivity index (χ3n) is 3.08. The number of hydrogen-bond acceptors (Lipinski definition) is 6. The summed E-state index contributed by atoms with van der Waals surface area (Å²) in [6.45, 7) is 0.463. The number of benzene rings is 1. The van der Waals surface area contributed by atoms with Gasteiger partial charge in [-0.2, -0.15) is 0 Å². The molecule has 1 amide bonds. The second-order valence-corrected chi connectivity index (χ2v) is 5.44. The van der Waals surface area contributed by atoms with Gasteiger partial charge in [-0.15, -0.1) is 0 Å². The molecule has 1 aromatic carbocycles. The first kappa shape index (κ1) is 20.4. The molecule has 0 saturated heterocycles. The first-order valence-electron chi connectivity index (χ1n) is 7.52. The fourth-order valence-corrected chi connectivity index (χ4v) is 1.75. The lowest BCUT2D eigenvalue weighted by Crippen LogP contribution is -2.49. The summed E-state index contributed by atoms with van der Waals surface area (Å²) in [7, 11) is 3.84. The van der Waals surface area contributed by atoms with Crippen LogP contribution in [0.25, 0.3) is 0 Å². The molecule has 0 saturated carbocycles. The fraction of sp³-hybridized carbons (Fsp3) is 0.333. The molecule has 4 N–H and O–H groups in total. The van der Waals surface area contributed by atoms with Crippen molar-refractivity contribution < 1.29 is 19.9 Å². The molecular formula is C18H21N3O4. The van der Waals surface area contributed by atoms with E-state index in [0.717, 1.165) is 0 Å². The van der Waals surface area contributed by atoms with E-state index in [0.29, 0.717) is 17.7 Å². The molecule has 132 valence electrons. The Hall–Kier alpha value is -2.68. The van der Waals surface area contributed by atoms with Crippen LogP contribution in [0.15, 0.2) is 24.3 Å². The Morgan fingerprint density at radius 2 is 1.96 bits per heavy atom. The van der Waals surface area contributed by atoms with Gasteiger partial charge in [-0.1, -0.05) is 11.8 Å². The van der Waals surface area contributed by atoms with Gasteiger partial charge in [0.05, 0.1) is 12.6 Å². The largest absolute Gasteiger partial charge is 0.383 e. The Kier molecular flexibility index (Phi) is 8.94. The van der Waals surface area contributed by atoms with Gasteiger partial charge in [0.15, 0.2) is 6.29 Å². The zero-order chi connectivity index (χ0) is 18.7. The van der Waals surface area contributed by atoms with Crippen LogP contribution in [-0.4, -0.2) is 66.7 Å². The number of rotatable bonds is 7. The maximum absolute atomic E-state index is 12.1. The van der Waals surface area contributed by atoms with Gasteiger partial charge in [0.2, 0.25) is 0 Å². The number of nitrogens with zero attached hydrogens (tertiary/aromatic N) is 1. The Labute approximate surface area is 147 Å². The van der Waals surface area contributed by atoms with E-state index in [9.17, 15) is 14.7 Å². The predicted molar refractivity (Wildman–Crippen MR) is 92.8 cm³/mol. The molecule has 0 radical (unpaired) electrons. The summed E-state index contributed by atoms with van der Waals surface area (Å²) in [4.78, 5) is 24.7. The van der Waals surface area contributed by atoms with Crippen LogP contribution in [0.3, 0.4) is 0 Å². The molecule has 1 rings (SSSR count). The lowest BCUT2D eigenvalue weighted by atomic mass is 10.1. The first-order valence-corrected chi connectivity index (χ1v) is 7.52. The number of nitrogens with one attached hydrogen (secondary N) is 2. The van der Waals surface area contributed by atoms with E-state index in [2.05, 4.69) is 29.0 Å². The van der Waals surface area contributed by atoms with Gasteiger partial charge in [-0.25, -0.2) is 5.48 Å². The summed E-state index contributed by atoms with van der Waals surface area (Å²) in [6.07, 6.45) is -1.13. The van der Waals surface area contributed by atoms with Crippen molar-refractivity contribution in [3.63, 3.8) is 0 Å². The Morgan fingerprint density at radius 1 is 1.28 bits per heavy atom. The molecular weight excluding hydrogens is 322 g/mol. The number of hydrogen-bond donors (Lipinski definition) is 4. The topological polar surface area (TPSA) is 102 Å². The maximum atomic E-state index is 12.1. The van der Waals surface area contributed by atoms with Gasteiger partial charge in [-0.05, 0) is 50.2 Å². The Balaban J connectivity index is 2.71. The lowest BCUT2D eigenvalue weighted by Gasteiger charge is -2.19. The van der Waals surface area contributed by atoms with Crippen molar-refractivity contribution in [2.45, 2.75) is 12.1 Å². The molecule has 7 heteroatoms. The van der Waals surface area contributed by atoms with Crippen molar-refractivity contribution in [1.82, 2.24) is 15.7 Å². The van der Waals surface area contributed by atoms with Crippen LogP contribution in [0.4, 0.5) is 0 Å². The third kappa shape index (κ3) is 7.62. The first-order chi connectivity index (χ1) is 12.0. The van der Waals surface area contributed by atoms with E-state index in [4.69, 9.17) is 5.21 Å². The van der Waals surface area contributed by atoms with Crippen LogP contribution in [0, 0.1) is 23.7 Å². The molecule has 2 unspecified atom stereocenters. The number of carbonyl (C=O) groups is 2. The van der Waals surface area contributed by atoms with Gasteiger partial charge in [0.25, 0.3) is 5.91 Å². The fourth-order valence-electron chi connectivity index (χ4n) is 1.75. The van der Waals surface area contributed by atoms with Gasteiger partial charge >= 0.3 is 0 Å². The van der Waals surface area contributed by atoms with Crippen molar-refractivity contribution in [3.05, 3.63) is 35.4 Å². The molecule has 0 heterocycles. The van der Waals surface area contributed by atoms with Crippen LogP contribution in [0.5, 0.6) is 0 Å². The van der Waals surface area contributed by atoms with E-state index in [-0.39, 0.29) is 12.8 Å². The highest BCUT2D eigenvalue weighted by Gasteiger charge is 2.21. The summed E-state index contributed by atoms with van der Waals surface area (Å²) in [5, 5.41) is 20.7. The van der Waals surface area contributed by atoms with Gasteiger partial charge in [0, 0.05) is 17.7 Å². The smallest absolute Gasteiger partial charge is 0.251 e. The summed E-state index contributed by atoms with van der Waals surface area (Å²) in [5.41, 5.74) is 2.87. The number of aliphatic hydroxyl groups is 1. The van der Waals surface area contributed by atoms with Crippen molar-refractivity contribution in [3.8, 4) is 23.7 Å². The minimum Gasteiger partial charge on any atom is -0.383 e. The standard InChI is InChI=1S/C18H21N3O4/c1-21(2)11-5-3-4-6-14-7-9-15(10-8-14)18(24)20-16(12-19-25)17(23)13-22/h7-10,13,16-17,19,23,25H,11-12H2,1-2H3,(H,20,24). The predicted octanol–water partition coefficient (Wildman–Crippen LogP) is -0.760. The molecule has 0 bridgehead atoms. The number of hydroxylamine groups is 1. The minimum atomic E-state index is -1.42. The van der Waals surface area contributed by atoms with Crippen molar-refractivity contribution in [2.24, 2.45) is 0 Å². The van der Waals surface area contributed by atoms with Crippen molar-refractivity contribution in [2.75, 3.05) is 27.2 Å². The summed E-state index contributed by atoms with van der Waals surface area (Å²) in [6, 6.07) is 5.55. The minimum absolute atomic E-state index is 0.166. The normalized spacial score (nSPS) is 12.2. The molecule has 0 aromatic heterocycles. The summed E-state index contributed by atoms with van der Waals surface area (Å²) >= 11 is 0. The molecule has 0 aliphatic heterocycles. The Morgan fingerprint density at radius 3 is 2.52 bits per heavy atom. The van der Waals surface area contributed by atoms with Crippen LogP contribution >= 0.6 is 0 Å². The number of carbonyl (C=O) groups excluding carboxylic acids is 2. The average Bonchev–Trinajstić information content (AvgIpc) is 2.60. The van der Waals surface area contributed by atoms with Gasteiger partial charge < -0.3 is 20.4 Å². The average molecular weight is 343 g/mol. The number of amides is 1. The van der Waals surface area contributed by atoms with E-state index in [1.54, 1.807) is 24.3 Å². The van der Waals surface area contributed by atoms with Crippen molar-refractivity contribution >= 4 is 12.2 Å². The molecule has 2 atom stereocenters. The zero-order valence-corrected chi connectivity index (χ0v) is 14.1. The SMILES string of the molecule is CN(C)CC#CC#Cc1ccc(C(=O)NC(CNO)C(O)C=O)cc1. The second-order valence-electron chi connectivity index (χ2n) is 5.44.